The smallest absolute Gasteiger partial charge is 0.408 e. The molecule has 7 nitrogen and oxygen atoms in total. The van der Waals surface area contributed by atoms with Crippen molar-refractivity contribution in [3.63, 3.8) is 0 Å². The Bertz CT molecular complexity index is 1050. The quantitative estimate of drug-likeness (QED) is 0.583. The fourth-order valence-corrected chi connectivity index (χ4v) is 4.13. The molecule has 0 radical (unpaired) electrons. The molecule has 7 heteroatoms. The van der Waals surface area contributed by atoms with Crippen LogP contribution in [-0.4, -0.2) is 40.5 Å². The van der Waals surface area contributed by atoms with Gasteiger partial charge in [-0.1, -0.05) is 61.5 Å². The SMILES string of the molecule is Cc1ccccc1C(C(=O)NCc1ccccc1)N(C(=O)C(C)NC(=O)OC(C)(C)C)C1CC1C. The van der Waals surface area contributed by atoms with Crippen molar-refractivity contribution in [2.75, 3.05) is 0 Å². The normalized spacial score (nSPS) is 18.7. The highest BCUT2D eigenvalue weighted by molar-refractivity contribution is 5.92. The molecule has 4 unspecified atom stereocenters. The van der Waals surface area contributed by atoms with Gasteiger partial charge in [0.15, 0.2) is 0 Å². The lowest BCUT2D eigenvalue weighted by Gasteiger charge is -2.35. The number of aryl methyl sites for hydroxylation is 1. The zero-order valence-electron chi connectivity index (χ0n) is 21.5. The van der Waals surface area contributed by atoms with Gasteiger partial charge in [0.05, 0.1) is 0 Å². The number of amides is 3. The zero-order valence-corrected chi connectivity index (χ0v) is 21.5. The Morgan fingerprint density at radius 1 is 1.06 bits per heavy atom. The average Bonchev–Trinajstić information content (AvgIpc) is 3.51. The fourth-order valence-electron chi connectivity index (χ4n) is 4.13. The number of carbonyl (C=O) groups excluding carboxylic acids is 3. The van der Waals surface area contributed by atoms with Crippen molar-refractivity contribution in [1.82, 2.24) is 15.5 Å². The summed E-state index contributed by atoms with van der Waals surface area (Å²) < 4.78 is 5.33. The van der Waals surface area contributed by atoms with E-state index in [1.54, 1.807) is 32.6 Å². The van der Waals surface area contributed by atoms with Gasteiger partial charge in [0.25, 0.3) is 0 Å². The minimum atomic E-state index is -0.855. The van der Waals surface area contributed by atoms with E-state index in [0.29, 0.717) is 6.54 Å². The number of nitrogens with one attached hydrogen (secondary N) is 2. The van der Waals surface area contributed by atoms with Crippen molar-refractivity contribution in [2.45, 2.75) is 78.2 Å². The third-order valence-electron chi connectivity index (χ3n) is 6.10. The van der Waals surface area contributed by atoms with E-state index in [0.717, 1.165) is 23.1 Å². The molecule has 3 amide bonds. The summed E-state index contributed by atoms with van der Waals surface area (Å²) >= 11 is 0. The summed E-state index contributed by atoms with van der Waals surface area (Å²) in [6, 6.07) is 15.5. The van der Waals surface area contributed by atoms with E-state index in [9.17, 15) is 14.4 Å². The van der Waals surface area contributed by atoms with Crippen molar-refractivity contribution in [3.05, 3.63) is 71.3 Å². The third-order valence-corrected chi connectivity index (χ3v) is 6.10. The molecule has 2 N–H and O–H groups in total. The minimum Gasteiger partial charge on any atom is -0.444 e. The van der Waals surface area contributed by atoms with Gasteiger partial charge in [-0.3, -0.25) is 9.59 Å². The molecule has 1 saturated carbocycles. The maximum atomic E-state index is 13.8. The lowest BCUT2D eigenvalue weighted by molar-refractivity contribution is -0.143. The summed E-state index contributed by atoms with van der Waals surface area (Å²) in [5.41, 5.74) is 1.99. The van der Waals surface area contributed by atoms with Gasteiger partial charge in [0, 0.05) is 12.6 Å². The van der Waals surface area contributed by atoms with Gasteiger partial charge in [0.2, 0.25) is 11.8 Å². The topological polar surface area (TPSA) is 87.7 Å². The van der Waals surface area contributed by atoms with Crippen LogP contribution in [0.2, 0.25) is 0 Å². The maximum Gasteiger partial charge on any atom is 0.408 e. The van der Waals surface area contributed by atoms with E-state index in [1.165, 1.54) is 0 Å². The number of benzene rings is 2. The van der Waals surface area contributed by atoms with Gasteiger partial charge in [-0.25, -0.2) is 4.79 Å². The van der Waals surface area contributed by atoms with Gasteiger partial charge in [-0.2, -0.15) is 0 Å². The Balaban J connectivity index is 1.89. The van der Waals surface area contributed by atoms with Crippen molar-refractivity contribution in [3.8, 4) is 0 Å². The van der Waals surface area contributed by atoms with Crippen LogP contribution in [0, 0.1) is 12.8 Å². The summed E-state index contributed by atoms with van der Waals surface area (Å²) in [4.78, 5) is 41.4. The molecule has 3 rings (SSSR count). The molecule has 1 aliphatic rings. The second-order valence-electron chi connectivity index (χ2n) is 10.4. The van der Waals surface area contributed by atoms with Crippen molar-refractivity contribution >= 4 is 17.9 Å². The van der Waals surface area contributed by atoms with Crippen LogP contribution in [0.5, 0.6) is 0 Å². The first-order chi connectivity index (χ1) is 16.5. The molecule has 35 heavy (non-hydrogen) atoms. The lowest BCUT2D eigenvalue weighted by Crippen LogP contribution is -2.53. The number of carbonyl (C=O) groups is 3. The summed E-state index contributed by atoms with van der Waals surface area (Å²) in [7, 11) is 0. The highest BCUT2D eigenvalue weighted by Crippen LogP contribution is 2.41. The fraction of sp³-hybridized carbons (Fsp3) is 0.464. The summed E-state index contributed by atoms with van der Waals surface area (Å²) in [6.07, 6.45) is 0.141. The van der Waals surface area contributed by atoms with E-state index < -0.39 is 23.8 Å². The van der Waals surface area contributed by atoms with E-state index in [1.807, 2.05) is 61.5 Å². The first-order valence-electron chi connectivity index (χ1n) is 12.2. The lowest BCUT2D eigenvalue weighted by atomic mass is 9.97. The van der Waals surface area contributed by atoms with E-state index in [4.69, 9.17) is 4.74 Å². The predicted molar refractivity (Wildman–Crippen MR) is 135 cm³/mol. The highest BCUT2D eigenvalue weighted by atomic mass is 16.6. The molecular weight excluding hydrogens is 442 g/mol. The number of nitrogens with zero attached hydrogens (tertiary/aromatic N) is 1. The predicted octanol–water partition coefficient (Wildman–Crippen LogP) is 4.50. The molecule has 0 saturated heterocycles. The minimum absolute atomic E-state index is 0.0857. The molecule has 0 bridgehead atoms. The number of hydrogen-bond acceptors (Lipinski definition) is 4. The van der Waals surface area contributed by atoms with Crippen LogP contribution in [-0.2, 0) is 20.9 Å². The van der Waals surface area contributed by atoms with Crippen LogP contribution in [0.3, 0.4) is 0 Å². The van der Waals surface area contributed by atoms with Gasteiger partial charge in [-0.05, 0) is 63.6 Å². The summed E-state index contributed by atoms with van der Waals surface area (Å²) in [6.45, 7) is 11.3. The van der Waals surface area contributed by atoms with Crippen molar-refractivity contribution in [1.29, 1.82) is 0 Å². The van der Waals surface area contributed by atoms with Crippen LogP contribution in [0.1, 0.15) is 63.8 Å². The Kier molecular flexibility index (Phi) is 8.20. The molecule has 1 aliphatic carbocycles. The van der Waals surface area contributed by atoms with E-state index in [2.05, 4.69) is 17.6 Å². The Morgan fingerprint density at radius 3 is 2.23 bits per heavy atom. The van der Waals surface area contributed by atoms with Gasteiger partial charge in [-0.15, -0.1) is 0 Å². The second kappa shape index (κ2) is 10.9. The highest BCUT2D eigenvalue weighted by Gasteiger charge is 2.47. The van der Waals surface area contributed by atoms with Crippen molar-refractivity contribution in [2.24, 2.45) is 5.92 Å². The molecule has 2 aromatic rings. The van der Waals surface area contributed by atoms with Gasteiger partial charge in [0.1, 0.15) is 17.7 Å². The number of rotatable bonds is 8. The Hall–Kier alpha value is -3.35. The number of ether oxygens (including phenoxy) is 1. The maximum absolute atomic E-state index is 13.8. The van der Waals surface area contributed by atoms with Crippen molar-refractivity contribution < 1.29 is 19.1 Å². The van der Waals surface area contributed by atoms with Crippen LogP contribution < -0.4 is 10.6 Å². The van der Waals surface area contributed by atoms with Gasteiger partial charge < -0.3 is 20.3 Å². The second-order valence-corrected chi connectivity index (χ2v) is 10.4. The Morgan fingerprint density at radius 2 is 1.66 bits per heavy atom. The first-order valence-corrected chi connectivity index (χ1v) is 12.2. The first kappa shape index (κ1) is 26.3. The molecule has 0 aromatic heterocycles. The molecular formula is C28H37N3O4. The molecule has 4 atom stereocenters. The zero-order chi connectivity index (χ0) is 25.8. The van der Waals surface area contributed by atoms with Crippen LogP contribution >= 0.6 is 0 Å². The monoisotopic (exact) mass is 479 g/mol. The summed E-state index contributed by atoms with van der Waals surface area (Å²) in [5.74, 6) is -0.297. The van der Waals surface area contributed by atoms with E-state index in [-0.39, 0.29) is 23.8 Å². The van der Waals surface area contributed by atoms with E-state index >= 15 is 0 Å². The molecule has 188 valence electrons. The molecule has 0 spiro atoms. The van der Waals surface area contributed by atoms with Gasteiger partial charge >= 0.3 is 6.09 Å². The third kappa shape index (κ3) is 7.07. The van der Waals surface area contributed by atoms with Crippen LogP contribution in [0.4, 0.5) is 4.79 Å². The average molecular weight is 480 g/mol. The summed E-state index contributed by atoms with van der Waals surface area (Å²) in [5, 5.41) is 5.67. The van der Waals surface area contributed by atoms with Crippen LogP contribution in [0.15, 0.2) is 54.6 Å². The number of alkyl carbamates (subject to hydrolysis) is 1. The number of hydrogen-bond donors (Lipinski definition) is 2. The largest absolute Gasteiger partial charge is 0.444 e. The van der Waals surface area contributed by atoms with Crippen LogP contribution in [0.25, 0.3) is 0 Å². The molecule has 0 heterocycles. The molecule has 0 aliphatic heterocycles. The molecule has 2 aromatic carbocycles. The molecule has 1 fully saturated rings. The Labute approximate surface area is 208 Å². The standard InChI is InChI=1S/C28H37N3O4/c1-18-12-10-11-15-22(18)24(25(32)29-17-21-13-8-7-9-14-21)31(23-16-19(23)2)26(33)20(3)30-27(34)35-28(4,5)6/h7-15,19-20,23-24H,16-17H2,1-6H3,(H,29,32)(H,30,34).